The van der Waals surface area contributed by atoms with Gasteiger partial charge in [-0.05, 0) is 36.1 Å². The van der Waals surface area contributed by atoms with Gasteiger partial charge in [-0.25, -0.2) is 8.78 Å². The monoisotopic (exact) mass is 476 g/mol. The van der Waals surface area contributed by atoms with Gasteiger partial charge in [0.1, 0.15) is 11.6 Å². The molecule has 1 aliphatic rings. The predicted octanol–water partition coefficient (Wildman–Crippen LogP) is 5.51. The molecule has 2 aromatic carbocycles. The van der Waals surface area contributed by atoms with E-state index in [4.69, 9.17) is 4.52 Å². The number of aryl methyl sites for hydroxylation is 1. The van der Waals surface area contributed by atoms with Crippen molar-refractivity contribution in [3.8, 4) is 11.3 Å². The molecule has 180 valence electrons. The molecule has 0 saturated carbocycles. The number of hydrogen-bond acceptors (Lipinski definition) is 4. The SMILES string of the molecule is CC1c2ccccc2C(c2cnn(C)c2)(C(C)C)CN1C(=O)c1cc(-c2ccc(F)cc2F)on1. The molecule has 2 atom stereocenters. The van der Waals surface area contributed by atoms with E-state index in [2.05, 4.69) is 36.2 Å². The van der Waals surface area contributed by atoms with Gasteiger partial charge in [-0.2, -0.15) is 5.10 Å². The van der Waals surface area contributed by atoms with E-state index in [0.29, 0.717) is 6.54 Å². The van der Waals surface area contributed by atoms with Gasteiger partial charge in [0.05, 0.1) is 17.8 Å². The largest absolute Gasteiger partial charge is 0.355 e. The minimum atomic E-state index is -0.782. The lowest BCUT2D eigenvalue weighted by molar-refractivity contribution is 0.0576. The Balaban J connectivity index is 1.58. The molecule has 35 heavy (non-hydrogen) atoms. The van der Waals surface area contributed by atoms with Crippen LogP contribution in [0.5, 0.6) is 0 Å². The van der Waals surface area contributed by atoms with Crippen LogP contribution in [0.3, 0.4) is 0 Å². The molecule has 0 fully saturated rings. The maximum absolute atomic E-state index is 14.3. The van der Waals surface area contributed by atoms with Crippen LogP contribution in [-0.4, -0.2) is 32.3 Å². The van der Waals surface area contributed by atoms with Crippen LogP contribution in [0.4, 0.5) is 8.78 Å². The third-order valence-electron chi connectivity index (χ3n) is 7.17. The standard InChI is InChI=1S/C27H26F2N4O2/c1-16(2)27(18-13-30-32(4)14-18)15-33(17(3)20-7-5-6-8-22(20)27)26(34)24-12-25(35-31-24)21-10-9-19(28)11-23(21)29/h5-14,16-17H,15H2,1-4H3. The third-order valence-corrected chi connectivity index (χ3v) is 7.17. The van der Waals surface area contributed by atoms with Crippen LogP contribution in [0.15, 0.2) is 65.4 Å². The fourth-order valence-electron chi connectivity index (χ4n) is 5.24. The van der Waals surface area contributed by atoms with E-state index in [1.807, 2.05) is 38.5 Å². The Hall–Kier alpha value is -3.81. The highest BCUT2D eigenvalue weighted by Gasteiger charge is 2.48. The Morgan fingerprint density at radius 1 is 1.17 bits per heavy atom. The summed E-state index contributed by atoms with van der Waals surface area (Å²) in [5, 5.41) is 8.36. The number of carbonyl (C=O) groups is 1. The van der Waals surface area contributed by atoms with Gasteiger partial charge in [0.25, 0.3) is 5.91 Å². The smallest absolute Gasteiger partial charge is 0.276 e. The van der Waals surface area contributed by atoms with Gasteiger partial charge in [0, 0.05) is 42.9 Å². The van der Waals surface area contributed by atoms with Crippen LogP contribution in [-0.2, 0) is 12.5 Å². The zero-order valence-electron chi connectivity index (χ0n) is 20.0. The van der Waals surface area contributed by atoms with Crippen molar-refractivity contribution in [2.45, 2.75) is 32.2 Å². The Morgan fingerprint density at radius 3 is 2.63 bits per heavy atom. The first-order valence-electron chi connectivity index (χ1n) is 11.5. The molecule has 3 heterocycles. The number of aromatic nitrogens is 3. The highest BCUT2D eigenvalue weighted by atomic mass is 19.1. The van der Waals surface area contributed by atoms with Gasteiger partial charge >= 0.3 is 0 Å². The number of benzene rings is 2. The molecule has 0 N–H and O–H groups in total. The van der Waals surface area contributed by atoms with Crippen molar-refractivity contribution in [2.75, 3.05) is 6.54 Å². The average molecular weight is 477 g/mol. The summed E-state index contributed by atoms with van der Waals surface area (Å²) >= 11 is 0. The molecule has 2 unspecified atom stereocenters. The van der Waals surface area contributed by atoms with Gasteiger partial charge in [0.15, 0.2) is 11.5 Å². The van der Waals surface area contributed by atoms with Gasteiger partial charge < -0.3 is 9.42 Å². The van der Waals surface area contributed by atoms with Crippen LogP contribution in [0, 0.1) is 17.6 Å². The van der Waals surface area contributed by atoms with E-state index in [1.54, 1.807) is 9.58 Å². The zero-order valence-corrected chi connectivity index (χ0v) is 20.0. The molecule has 5 rings (SSSR count). The molecule has 0 saturated heterocycles. The molecule has 0 aliphatic carbocycles. The van der Waals surface area contributed by atoms with Crippen LogP contribution < -0.4 is 0 Å². The van der Waals surface area contributed by atoms with Crippen molar-refractivity contribution in [1.82, 2.24) is 19.8 Å². The molecule has 0 radical (unpaired) electrons. The molecule has 0 spiro atoms. The highest BCUT2D eigenvalue weighted by Crippen LogP contribution is 2.48. The second-order valence-electron chi connectivity index (χ2n) is 9.43. The zero-order chi connectivity index (χ0) is 24.9. The first-order chi connectivity index (χ1) is 16.7. The number of amides is 1. The number of halogens is 2. The van der Waals surface area contributed by atoms with Crippen LogP contribution in [0.2, 0.25) is 0 Å². The fraction of sp³-hybridized carbons (Fsp3) is 0.296. The summed E-state index contributed by atoms with van der Waals surface area (Å²) in [4.78, 5) is 15.6. The van der Waals surface area contributed by atoms with E-state index in [1.165, 1.54) is 17.7 Å². The summed E-state index contributed by atoms with van der Waals surface area (Å²) in [6.45, 7) is 6.70. The van der Waals surface area contributed by atoms with E-state index in [-0.39, 0.29) is 34.9 Å². The van der Waals surface area contributed by atoms with Crippen LogP contribution in [0.25, 0.3) is 11.3 Å². The van der Waals surface area contributed by atoms with Crippen molar-refractivity contribution < 1.29 is 18.1 Å². The quantitative estimate of drug-likeness (QED) is 0.390. The van der Waals surface area contributed by atoms with Crippen molar-refractivity contribution in [2.24, 2.45) is 13.0 Å². The van der Waals surface area contributed by atoms with E-state index < -0.39 is 17.0 Å². The Bertz CT molecular complexity index is 1410. The molecule has 8 heteroatoms. The Labute approximate surface area is 202 Å². The predicted molar refractivity (Wildman–Crippen MR) is 127 cm³/mol. The van der Waals surface area contributed by atoms with Gasteiger partial charge in [0.2, 0.25) is 0 Å². The van der Waals surface area contributed by atoms with Crippen LogP contribution >= 0.6 is 0 Å². The van der Waals surface area contributed by atoms with E-state index in [9.17, 15) is 13.6 Å². The maximum atomic E-state index is 14.3. The van der Waals surface area contributed by atoms with Gasteiger partial charge in [-0.3, -0.25) is 9.48 Å². The number of fused-ring (bicyclic) bond motifs is 1. The van der Waals surface area contributed by atoms with Crippen LogP contribution in [0.1, 0.15) is 54.0 Å². The molecule has 1 amide bonds. The fourth-order valence-corrected chi connectivity index (χ4v) is 5.24. The lowest BCUT2D eigenvalue weighted by Crippen LogP contribution is -2.52. The van der Waals surface area contributed by atoms with Crippen molar-refractivity contribution in [3.63, 3.8) is 0 Å². The lowest BCUT2D eigenvalue weighted by Gasteiger charge is -2.49. The molecule has 2 aromatic heterocycles. The Kier molecular flexibility index (Phi) is 5.54. The number of carbonyl (C=O) groups excluding carboxylic acids is 1. The molecule has 0 bridgehead atoms. The van der Waals surface area contributed by atoms with E-state index in [0.717, 1.165) is 23.3 Å². The molecular weight excluding hydrogens is 450 g/mol. The summed E-state index contributed by atoms with van der Waals surface area (Å²) in [6.07, 6.45) is 3.86. The molecule has 4 aromatic rings. The summed E-state index contributed by atoms with van der Waals surface area (Å²) < 4.78 is 34.7. The van der Waals surface area contributed by atoms with Crippen molar-refractivity contribution >= 4 is 5.91 Å². The van der Waals surface area contributed by atoms with Crippen molar-refractivity contribution in [1.29, 1.82) is 0 Å². The maximum Gasteiger partial charge on any atom is 0.276 e. The van der Waals surface area contributed by atoms with Gasteiger partial charge in [-0.1, -0.05) is 43.3 Å². The van der Waals surface area contributed by atoms with Crippen molar-refractivity contribution in [3.05, 3.63) is 94.9 Å². The number of nitrogens with zero attached hydrogens (tertiary/aromatic N) is 4. The average Bonchev–Trinajstić information content (AvgIpc) is 3.49. The lowest BCUT2D eigenvalue weighted by atomic mass is 9.63. The summed E-state index contributed by atoms with van der Waals surface area (Å²) in [7, 11) is 1.88. The first-order valence-corrected chi connectivity index (χ1v) is 11.5. The highest BCUT2D eigenvalue weighted by molar-refractivity contribution is 5.94. The third kappa shape index (κ3) is 3.64. The number of rotatable bonds is 4. The second-order valence-corrected chi connectivity index (χ2v) is 9.43. The molecule has 6 nitrogen and oxygen atoms in total. The molecular formula is C27H26F2N4O2. The topological polar surface area (TPSA) is 64.2 Å². The number of hydrogen-bond donors (Lipinski definition) is 0. The summed E-state index contributed by atoms with van der Waals surface area (Å²) in [5.41, 5.74) is 2.89. The van der Waals surface area contributed by atoms with Gasteiger partial charge in [-0.15, -0.1) is 0 Å². The Morgan fingerprint density at radius 2 is 1.94 bits per heavy atom. The second kappa shape index (κ2) is 8.45. The normalized spacial score (nSPS) is 19.7. The summed E-state index contributed by atoms with van der Waals surface area (Å²) in [6, 6.07) is 12.6. The first kappa shape index (κ1) is 23.0. The van der Waals surface area contributed by atoms with E-state index >= 15 is 0 Å². The minimum Gasteiger partial charge on any atom is -0.355 e. The summed E-state index contributed by atoms with van der Waals surface area (Å²) in [5.74, 6) is -1.58. The molecule has 1 aliphatic heterocycles. The minimum absolute atomic E-state index is 0.0434.